The van der Waals surface area contributed by atoms with Crippen molar-refractivity contribution in [1.82, 2.24) is 9.97 Å². The molecule has 28 heavy (non-hydrogen) atoms. The predicted octanol–water partition coefficient (Wildman–Crippen LogP) is 4.33. The van der Waals surface area contributed by atoms with Crippen LogP contribution in [0.3, 0.4) is 0 Å². The smallest absolute Gasteiger partial charge is 0.395 e. The average molecular weight is 383 g/mol. The van der Waals surface area contributed by atoms with Crippen LogP contribution in [0.4, 0.5) is 14.6 Å². The highest BCUT2D eigenvalue weighted by Gasteiger charge is 2.43. The summed E-state index contributed by atoms with van der Waals surface area (Å²) >= 11 is 0. The number of rotatable bonds is 3. The standard InChI is InChI=1S/C20H15F2N3O3/c1-11-3-5-13(6-4-11)19(26)25-18-10-23-15(9-24-18)14-8-17-16(7-12(14)2)27-20(21,22)28-17/h3-10H,1-2H3,(H,24,25,26). The zero-order chi connectivity index (χ0) is 19.9. The quantitative estimate of drug-likeness (QED) is 0.729. The van der Waals surface area contributed by atoms with Crippen molar-refractivity contribution in [3.05, 3.63) is 65.5 Å². The average Bonchev–Trinajstić information content (AvgIpc) is 2.95. The predicted molar refractivity (Wildman–Crippen MR) is 97.5 cm³/mol. The lowest BCUT2D eigenvalue weighted by Gasteiger charge is -2.08. The molecule has 142 valence electrons. The topological polar surface area (TPSA) is 73.3 Å². The zero-order valence-corrected chi connectivity index (χ0v) is 15.0. The summed E-state index contributed by atoms with van der Waals surface area (Å²) in [4.78, 5) is 20.7. The van der Waals surface area contributed by atoms with Crippen molar-refractivity contribution in [3.8, 4) is 22.8 Å². The first kappa shape index (κ1) is 17.8. The summed E-state index contributed by atoms with van der Waals surface area (Å²) < 4.78 is 35.4. The van der Waals surface area contributed by atoms with Gasteiger partial charge in [-0.15, -0.1) is 8.78 Å². The lowest BCUT2D eigenvalue weighted by molar-refractivity contribution is -0.286. The lowest BCUT2D eigenvalue weighted by Crippen LogP contribution is -2.25. The minimum atomic E-state index is -3.68. The molecule has 2 aromatic carbocycles. The van der Waals surface area contributed by atoms with Gasteiger partial charge < -0.3 is 14.8 Å². The van der Waals surface area contributed by atoms with E-state index in [9.17, 15) is 13.6 Å². The SMILES string of the molecule is Cc1ccc(C(=O)Nc2cnc(-c3cc4c(cc3C)OC(F)(F)O4)cn2)cc1. The Labute approximate surface area is 159 Å². The maximum atomic E-state index is 13.2. The summed E-state index contributed by atoms with van der Waals surface area (Å²) in [5, 5.41) is 2.67. The molecule has 1 amide bonds. The first-order valence-corrected chi connectivity index (χ1v) is 8.42. The van der Waals surface area contributed by atoms with Crippen molar-refractivity contribution in [2.45, 2.75) is 20.1 Å². The van der Waals surface area contributed by atoms with Gasteiger partial charge in [0.1, 0.15) is 0 Å². The zero-order valence-electron chi connectivity index (χ0n) is 15.0. The van der Waals surface area contributed by atoms with Gasteiger partial charge in [0.25, 0.3) is 5.91 Å². The van der Waals surface area contributed by atoms with Crippen LogP contribution in [0.1, 0.15) is 21.5 Å². The number of nitrogens with one attached hydrogen (secondary N) is 1. The van der Waals surface area contributed by atoms with Crippen molar-refractivity contribution in [3.63, 3.8) is 0 Å². The molecule has 0 spiro atoms. The van der Waals surface area contributed by atoms with Crippen molar-refractivity contribution < 1.29 is 23.0 Å². The van der Waals surface area contributed by atoms with Gasteiger partial charge in [0.05, 0.1) is 18.1 Å². The highest BCUT2D eigenvalue weighted by atomic mass is 19.3. The Bertz CT molecular complexity index is 1050. The third kappa shape index (κ3) is 3.48. The summed E-state index contributed by atoms with van der Waals surface area (Å²) in [6.07, 6.45) is -0.823. The van der Waals surface area contributed by atoms with Gasteiger partial charge in [0.15, 0.2) is 17.3 Å². The van der Waals surface area contributed by atoms with Crippen LogP contribution < -0.4 is 14.8 Å². The molecule has 0 unspecified atom stereocenters. The van der Waals surface area contributed by atoms with E-state index in [1.54, 1.807) is 19.1 Å². The number of nitrogens with zero attached hydrogens (tertiary/aromatic N) is 2. The van der Waals surface area contributed by atoms with Crippen LogP contribution in [0.5, 0.6) is 11.5 Å². The molecular weight excluding hydrogens is 368 g/mol. The Balaban J connectivity index is 1.54. The number of hydrogen-bond acceptors (Lipinski definition) is 5. The molecule has 2 heterocycles. The molecule has 0 aliphatic carbocycles. The van der Waals surface area contributed by atoms with E-state index in [1.165, 1.54) is 24.5 Å². The van der Waals surface area contributed by atoms with Crippen LogP contribution in [0, 0.1) is 13.8 Å². The molecule has 1 aromatic heterocycles. The van der Waals surface area contributed by atoms with E-state index in [0.29, 0.717) is 22.4 Å². The molecule has 0 saturated heterocycles. The Morgan fingerprint density at radius 3 is 2.32 bits per heavy atom. The summed E-state index contributed by atoms with van der Waals surface area (Å²) in [6, 6.07) is 10.0. The molecular formula is C20H15F2N3O3. The summed E-state index contributed by atoms with van der Waals surface area (Å²) in [5.41, 5.74) is 3.25. The molecule has 0 atom stereocenters. The molecule has 4 rings (SSSR count). The normalized spacial score (nSPS) is 14.0. The molecule has 0 radical (unpaired) electrons. The Hall–Kier alpha value is -3.55. The number of alkyl halides is 2. The van der Waals surface area contributed by atoms with E-state index in [-0.39, 0.29) is 23.2 Å². The summed E-state index contributed by atoms with van der Waals surface area (Å²) in [5.74, 6) is -0.117. The van der Waals surface area contributed by atoms with Crippen LogP contribution in [-0.2, 0) is 0 Å². The van der Waals surface area contributed by atoms with E-state index >= 15 is 0 Å². The second-order valence-electron chi connectivity index (χ2n) is 6.39. The van der Waals surface area contributed by atoms with Crippen molar-refractivity contribution in [1.29, 1.82) is 0 Å². The van der Waals surface area contributed by atoms with Gasteiger partial charge in [-0.25, -0.2) is 4.98 Å². The number of ether oxygens (including phenoxy) is 2. The second kappa shape index (κ2) is 6.56. The van der Waals surface area contributed by atoms with E-state index in [0.717, 1.165) is 5.56 Å². The monoisotopic (exact) mass is 383 g/mol. The Morgan fingerprint density at radius 1 is 1.00 bits per heavy atom. The van der Waals surface area contributed by atoms with Crippen LogP contribution in [0.2, 0.25) is 0 Å². The van der Waals surface area contributed by atoms with Gasteiger partial charge in [-0.1, -0.05) is 17.7 Å². The fourth-order valence-corrected chi connectivity index (χ4v) is 2.80. The molecule has 0 fully saturated rings. The third-order valence-electron chi connectivity index (χ3n) is 4.23. The highest BCUT2D eigenvalue weighted by molar-refractivity contribution is 6.03. The number of aromatic nitrogens is 2. The van der Waals surface area contributed by atoms with Crippen LogP contribution in [0.15, 0.2) is 48.8 Å². The van der Waals surface area contributed by atoms with E-state index in [2.05, 4.69) is 24.8 Å². The van der Waals surface area contributed by atoms with E-state index in [1.807, 2.05) is 19.1 Å². The molecule has 0 saturated carbocycles. The molecule has 1 aliphatic heterocycles. The van der Waals surface area contributed by atoms with Gasteiger partial charge in [0, 0.05) is 11.1 Å². The number of aryl methyl sites for hydroxylation is 2. The van der Waals surface area contributed by atoms with Crippen LogP contribution in [-0.4, -0.2) is 22.2 Å². The third-order valence-corrected chi connectivity index (χ3v) is 4.23. The fraction of sp³-hybridized carbons (Fsp3) is 0.150. The van der Waals surface area contributed by atoms with Gasteiger partial charge in [-0.3, -0.25) is 9.78 Å². The minimum Gasteiger partial charge on any atom is -0.395 e. The van der Waals surface area contributed by atoms with Crippen LogP contribution >= 0.6 is 0 Å². The summed E-state index contributed by atoms with van der Waals surface area (Å²) in [7, 11) is 0. The van der Waals surface area contributed by atoms with Crippen molar-refractivity contribution in [2.24, 2.45) is 0 Å². The van der Waals surface area contributed by atoms with E-state index < -0.39 is 6.29 Å². The Kier molecular flexibility index (Phi) is 4.18. The molecule has 3 aromatic rings. The number of carbonyl (C=O) groups excluding carboxylic acids is 1. The number of benzene rings is 2. The van der Waals surface area contributed by atoms with Crippen molar-refractivity contribution >= 4 is 11.7 Å². The summed E-state index contributed by atoms with van der Waals surface area (Å²) in [6.45, 7) is 3.68. The number of amides is 1. The molecule has 1 aliphatic rings. The van der Waals surface area contributed by atoms with Gasteiger partial charge in [-0.05, 0) is 43.7 Å². The molecule has 0 bridgehead atoms. The first-order chi connectivity index (χ1) is 13.3. The molecule has 6 nitrogen and oxygen atoms in total. The fourth-order valence-electron chi connectivity index (χ4n) is 2.80. The van der Waals surface area contributed by atoms with E-state index in [4.69, 9.17) is 0 Å². The number of hydrogen-bond donors (Lipinski definition) is 1. The van der Waals surface area contributed by atoms with Gasteiger partial charge in [0.2, 0.25) is 0 Å². The second-order valence-corrected chi connectivity index (χ2v) is 6.39. The maximum Gasteiger partial charge on any atom is 0.586 e. The van der Waals surface area contributed by atoms with Gasteiger partial charge >= 0.3 is 6.29 Å². The molecule has 8 heteroatoms. The number of carbonyl (C=O) groups is 1. The first-order valence-electron chi connectivity index (χ1n) is 8.42. The van der Waals surface area contributed by atoms with Gasteiger partial charge in [-0.2, -0.15) is 0 Å². The largest absolute Gasteiger partial charge is 0.586 e. The highest BCUT2D eigenvalue weighted by Crippen LogP contribution is 2.44. The minimum absolute atomic E-state index is 0.0267. The number of fused-ring (bicyclic) bond motifs is 1. The maximum absolute atomic E-state index is 13.2. The molecule has 1 N–H and O–H groups in total. The lowest BCUT2D eigenvalue weighted by atomic mass is 10.1. The van der Waals surface area contributed by atoms with Crippen LogP contribution in [0.25, 0.3) is 11.3 Å². The number of halogens is 2. The Morgan fingerprint density at radius 2 is 1.68 bits per heavy atom. The number of anilines is 1. The van der Waals surface area contributed by atoms with Crippen molar-refractivity contribution in [2.75, 3.05) is 5.32 Å².